The minimum Gasteiger partial charge on any atom is -0.0928 e. The van der Waals surface area contributed by atoms with Crippen LogP contribution in [0.4, 0.5) is 0 Å². The van der Waals surface area contributed by atoms with Crippen LogP contribution in [-0.4, -0.2) is 19.8 Å². The summed E-state index contributed by atoms with van der Waals surface area (Å²) in [5.41, 5.74) is 0. The van der Waals surface area contributed by atoms with Crippen LogP contribution < -0.4 is 0 Å². The molecule has 0 amide bonds. The third kappa shape index (κ3) is 10.4. The molecule has 0 heterocycles. The zero-order chi connectivity index (χ0) is 11.0. The fourth-order valence-corrected chi connectivity index (χ4v) is 3.63. The van der Waals surface area contributed by atoms with Gasteiger partial charge in [0.15, 0.2) is 0 Å². The van der Waals surface area contributed by atoms with Gasteiger partial charge in [-0.2, -0.15) is 0 Å². The van der Waals surface area contributed by atoms with E-state index < -0.39 is 0 Å². The van der Waals surface area contributed by atoms with Gasteiger partial charge in [-0.1, -0.05) is 70.6 Å². The zero-order valence-electron chi connectivity index (χ0n) is 8.49. The van der Waals surface area contributed by atoms with Gasteiger partial charge in [0.1, 0.15) is 0 Å². The van der Waals surface area contributed by atoms with E-state index in [9.17, 15) is 0 Å². The van der Waals surface area contributed by atoms with Crippen molar-refractivity contribution in [1.29, 1.82) is 0 Å². The van der Waals surface area contributed by atoms with Crippen LogP contribution >= 0.6 is 63.7 Å². The maximum Gasteiger partial charge on any atom is 0.0154 e. The summed E-state index contributed by atoms with van der Waals surface area (Å²) in [6.45, 7) is 2.21. The summed E-state index contributed by atoms with van der Waals surface area (Å²) < 4.78 is 0. The van der Waals surface area contributed by atoms with Gasteiger partial charge in [0.25, 0.3) is 0 Å². The van der Waals surface area contributed by atoms with Crippen molar-refractivity contribution >= 4 is 63.7 Å². The van der Waals surface area contributed by atoms with Crippen LogP contribution in [0.1, 0.15) is 39.0 Å². The van der Waals surface area contributed by atoms with Crippen LogP contribution in [0.2, 0.25) is 0 Å². The summed E-state index contributed by atoms with van der Waals surface area (Å²) >= 11 is 14.4. The van der Waals surface area contributed by atoms with Gasteiger partial charge in [-0.15, -0.1) is 0 Å². The molecule has 0 nitrogen and oxygen atoms in total. The number of halogens is 4. The smallest absolute Gasteiger partial charge is 0.0154 e. The van der Waals surface area contributed by atoms with Crippen LogP contribution in [0.25, 0.3) is 0 Å². The Morgan fingerprint density at radius 1 is 0.786 bits per heavy atom. The summed E-state index contributed by atoms with van der Waals surface area (Å²) in [6.07, 6.45) is 6.26. The third-order valence-corrected chi connectivity index (χ3v) is 4.84. The Kier molecular flexibility index (Phi) is 11.5. The normalized spacial score (nSPS) is 17.8. The number of rotatable bonds is 8. The molecule has 0 aromatic rings. The lowest BCUT2D eigenvalue weighted by Gasteiger charge is -2.13. The summed E-state index contributed by atoms with van der Waals surface area (Å²) in [6, 6.07) is 0. The van der Waals surface area contributed by atoms with E-state index in [4.69, 9.17) is 0 Å². The predicted molar refractivity (Wildman–Crippen MR) is 80.7 cm³/mol. The number of hydrogen-bond acceptors (Lipinski definition) is 0. The van der Waals surface area contributed by atoms with Gasteiger partial charge in [-0.05, 0) is 32.1 Å². The maximum absolute atomic E-state index is 3.73. The molecule has 0 N–H and O–H groups in total. The van der Waals surface area contributed by atoms with Gasteiger partial charge in [0.05, 0.1) is 0 Å². The fourth-order valence-electron chi connectivity index (χ4n) is 1.18. The Balaban J connectivity index is 3.38. The molecule has 0 rings (SSSR count). The second-order valence-corrected chi connectivity index (χ2v) is 8.55. The second kappa shape index (κ2) is 10.1. The molecule has 0 aliphatic rings. The lowest BCUT2D eigenvalue weighted by atomic mass is 10.1. The standard InChI is InChI=1S/C10H18Br4/c1-8(12)2-3-9(13)4-5-10(14)6-7-11/h8-10H,2-7H2,1H3. The van der Waals surface area contributed by atoms with E-state index in [2.05, 4.69) is 70.6 Å². The average molecular weight is 458 g/mol. The predicted octanol–water partition coefficient (Wildman–Crippen LogP) is 5.64. The van der Waals surface area contributed by atoms with Gasteiger partial charge < -0.3 is 0 Å². The highest BCUT2D eigenvalue weighted by atomic mass is 79.9. The Morgan fingerprint density at radius 3 is 1.64 bits per heavy atom. The van der Waals surface area contributed by atoms with E-state index >= 15 is 0 Å². The van der Waals surface area contributed by atoms with Crippen LogP contribution in [0.3, 0.4) is 0 Å². The first kappa shape index (κ1) is 15.9. The van der Waals surface area contributed by atoms with Crippen molar-refractivity contribution in [3.8, 4) is 0 Å². The van der Waals surface area contributed by atoms with Crippen molar-refractivity contribution in [1.82, 2.24) is 0 Å². The van der Waals surface area contributed by atoms with Gasteiger partial charge >= 0.3 is 0 Å². The zero-order valence-corrected chi connectivity index (χ0v) is 14.8. The van der Waals surface area contributed by atoms with Crippen molar-refractivity contribution in [3.63, 3.8) is 0 Å². The molecule has 0 aliphatic carbocycles. The lowest BCUT2D eigenvalue weighted by molar-refractivity contribution is 0.622. The highest BCUT2D eigenvalue weighted by Gasteiger charge is 2.09. The summed E-state index contributed by atoms with van der Waals surface area (Å²) in [5, 5.41) is 1.09. The van der Waals surface area contributed by atoms with Crippen LogP contribution in [0, 0.1) is 0 Å². The van der Waals surface area contributed by atoms with Gasteiger partial charge in [0.2, 0.25) is 0 Å². The lowest BCUT2D eigenvalue weighted by Crippen LogP contribution is -2.06. The van der Waals surface area contributed by atoms with E-state index in [0.29, 0.717) is 14.5 Å². The van der Waals surface area contributed by atoms with Gasteiger partial charge in [0, 0.05) is 19.8 Å². The van der Waals surface area contributed by atoms with Crippen LogP contribution in [0.15, 0.2) is 0 Å². The van der Waals surface area contributed by atoms with Crippen molar-refractivity contribution in [2.24, 2.45) is 0 Å². The summed E-state index contributed by atoms with van der Waals surface area (Å²) in [4.78, 5) is 1.99. The van der Waals surface area contributed by atoms with Crippen LogP contribution in [0.5, 0.6) is 0 Å². The molecule has 0 aromatic carbocycles. The van der Waals surface area contributed by atoms with Gasteiger partial charge in [-0.25, -0.2) is 0 Å². The number of hydrogen-bond donors (Lipinski definition) is 0. The second-order valence-electron chi connectivity index (χ2n) is 3.61. The largest absolute Gasteiger partial charge is 0.0928 e. The molecular weight excluding hydrogens is 440 g/mol. The summed E-state index contributed by atoms with van der Waals surface area (Å²) in [5.74, 6) is 0. The van der Waals surface area contributed by atoms with Crippen LogP contribution in [-0.2, 0) is 0 Å². The molecule has 0 bridgehead atoms. The first-order valence-electron chi connectivity index (χ1n) is 5.04. The molecule has 3 atom stereocenters. The average Bonchev–Trinajstić information content (AvgIpc) is 2.12. The highest BCUT2D eigenvalue weighted by Crippen LogP contribution is 2.22. The molecule has 0 radical (unpaired) electrons. The third-order valence-electron chi connectivity index (χ3n) is 2.09. The maximum atomic E-state index is 3.73. The first-order valence-corrected chi connectivity index (χ1v) is 8.91. The number of alkyl halides is 4. The molecule has 0 saturated carbocycles. The Labute approximate surface area is 121 Å². The Bertz CT molecular complexity index is 127. The Morgan fingerprint density at radius 2 is 1.21 bits per heavy atom. The molecule has 86 valence electrons. The molecular formula is C10H18Br4. The highest BCUT2D eigenvalue weighted by molar-refractivity contribution is 9.10. The molecule has 3 unspecified atom stereocenters. The van der Waals surface area contributed by atoms with Crippen molar-refractivity contribution in [2.75, 3.05) is 5.33 Å². The molecule has 0 spiro atoms. The SMILES string of the molecule is CC(Br)CCC(Br)CCC(Br)CCBr. The fraction of sp³-hybridized carbons (Fsp3) is 1.00. The molecule has 0 aliphatic heterocycles. The summed E-state index contributed by atoms with van der Waals surface area (Å²) in [7, 11) is 0. The van der Waals surface area contributed by atoms with Crippen molar-refractivity contribution < 1.29 is 0 Å². The Hall–Kier alpha value is 1.92. The molecule has 14 heavy (non-hydrogen) atoms. The van der Waals surface area contributed by atoms with E-state index in [0.717, 1.165) is 5.33 Å². The minimum atomic E-state index is 0.643. The van der Waals surface area contributed by atoms with Crippen molar-refractivity contribution in [3.05, 3.63) is 0 Å². The van der Waals surface area contributed by atoms with E-state index in [1.807, 2.05) is 0 Å². The van der Waals surface area contributed by atoms with E-state index in [1.54, 1.807) is 0 Å². The quantitative estimate of drug-likeness (QED) is 0.414. The monoisotopic (exact) mass is 454 g/mol. The van der Waals surface area contributed by atoms with E-state index in [1.165, 1.54) is 32.1 Å². The van der Waals surface area contributed by atoms with E-state index in [-0.39, 0.29) is 0 Å². The minimum absolute atomic E-state index is 0.643. The van der Waals surface area contributed by atoms with Crippen molar-refractivity contribution in [2.45, 2.75) is 53.5 Å². The first-order chi connectivity index (χ1) is 6.56. The topological polar surface area (TPSA) is 0 Å². The van der Waals surface area contributed by atoms with Gasteiger partial charge in [-0.3, -0.25) is 0 Å². The molecule has 0 saturated heterocycles. The molecule has 0 fully saturated rings. The molecule has 0 aromatic heterocycles. The molecule has 4 heteroatoms.